The highest BCUT2D eigenvalue weighted by Gasteiger charge is 2.11. The predicted molar refractivity (Wildman–Crippen MR) is 79.9 cm³/mol. The van der Waals surface area contributed by atoms with Gasteiger partial charge in [0, 0.05) is 11.6 Å². The minimum absolute atomic E-state index is 0.219. The molecule has 0 aliphatic carbocycles. The Kier molecular flexibility index (Phi) is 4.49. The summed E-state index contributed by atoms with van der Waals surface area (Å²) in [5, 5.41) is 8.58. The smallest absolute Gasteiger partial charge is 0.264 e. The third kappa shape index (κ3) is 3.78. The van der Waals surface area contributed by atoms with Gasteiger partial charge in [-0.05, 0) is 30.7 Å². The Hall–Kier alpha value is -2.91. The van der Waals surface area contributed by atoms with Gasteiger partial charge in [-0.3, -0.25) is 9.59 Å². The molecule has 0 unspecified atom stereocenters. The normalized spacial score (nSPS) is 9.62. The molecule has 1 amide bonds. The summed E-state index contributed by atoms with van der Waals surface area (Å²) in [6.07, 6.45) is 0. The van der Waals surface area contributed by atoms with Gasteiger partial charge in [-0.15, -0.1) is 0 Å². The lowest BCUT2D eigenvalue weighted by molar-refractivity contribution is 0.102. The molecule has 0 bridgehead atoms. The van der Waals surface area contributed by atoms with Gasteiger partial charge in [0.2, 0.25) is 0 Å². The molecule has 0 radical (unpaired) electrons. The Balaban J connectivity index is 2.30. The van der Waals surface area contributed by atoms with Crippen molar-refractivity contribution in [3.8, 4) is 11.8 Å². The Morgan fingerprint density at radius 1 is 1.38 bits per heavy atom. The van der Waals surface area contributed by atoms with Gasteiger partial charge in [-0.1, -0.05) is 17.9 Å². The number of nitrogens with zero attached hydrogens (tertiary/aromatic N) is 1. The molecule has 2 rings (SSSR count). The van der Waals surface area contributed by atoms with E-state index in [0.717, 1.165) is 5.56 Å². The van der Waals surface area contributed by atoms with E-state index in [1.165, 1.54) is 12.1 Å². The van der Waals surface area contributed by atoms with E-state index in [4.69, 9.17) is 5.73 Å². The maximum absolute atomic E-state index is 12.3. The summed E-state index contributed by atoms with van der Waals surface area (Å²) in [5.74, 6) is 5.52. The standard InChI is InChI=1S/C15H14N4O2/c1-10-4-5-12(11(9-10)3-2-8-16)15(21)17-13-6-7-14(20)19-18-13/h4-7,9H,8,16H2,1H3,(H,19,20)(H,17,18,21). The predicted octanol–water partition coefficient (Wildman–Crippen LogP) is 0.641. The molecular weight excluding hydrogens is 268 g/mol. The van der Waals surface area contributed by atoms with Crippen LogP contribution in [0.15, 0.2) is 35.1 Å². The van der Waals surface area contributed by atoms with Crippen LogP contribution in [0.3, 0.4) is 0 Å². The molecule has 6 nitrogen and oxygen atoms in total. The number of amides is 1. The van der Waals surface area contributed by atoms with Gasteiger partial charge >= 0.3 is 0 Å². The van der Waals surface area contributed by atoms with Crippen LogP contribution >= 0.6 is 0 Å². The number of anilines is 1. The van der Waals surface area contributed by atoms with Crippen molar-refractivity contribution in [2.75, 3.05) is 11.9 Å². The molecule has 1 aromatic carbocycles. The quantitative estimate of drug-likeness (QED) is 0.704. The highest BCUT2D eigenvalue weighted by molar-refractivity contribution is 6.05. The van der Waals surface area contributed by atoms with Crippen molar-refractivity contribution in [3.05, 3.63) is 57.4 Å². The number of nitrogens with two attached hydrogens (primary N) is 1. The number of benzene rings is 1. The minimum atomic E-state index is -0.351. The molecule has 4 N–H and O–H groups in total. The van der Waals surface area contributed by atoms with E-state index >= 15 is 0 Å². The highest BCUT2D eigenvalue weighted by Crippen LogP contribution is 2.12. The van der Waals surface area contributed by atoms with E-state index in [9.17, 15) is 9.59 Å². The molecule has 106 valence electrons. The van der Waals surface area contributed by atoms with Crippen molar-refractivity contribution in [1.82, 2.24) is 10.2 Å². The molecule has 2 aromatic rings. The van der Waals surface area contributed by atoms with Gasteiger partial charge in [-0.25, -0.2) is 5.10 Å². The summed E-state index contributed by atoms with van der Waals surface area (Å²) in [7, 11) is 0. The van der Waals surface area contributed by atoms with Crippen LogP contribution in [0.2, 0.25) is 0 Å². The third-order valence-electron chi connectivity index (χ3n) is 2.67. The van der Waals surface area contributed by atoms with Crippen molar-refractivity contribution in [2.45, 2.75) is 6.92 Å². The monoisotopic (exact) mass is 282 g/mol. The maximum Gasteiger partial charge on any atom is 0.264 e. The summed E-state index contributed by atoms with van der Waals surface area (Å²) in [5.41, 5.74) is 7.05. The van der Waals surface area contributed by atoms with E-state index in [-0.39, 0.29) is 23.8 Å². The van der Waals surface area contributed by atoms with Crippen LogP contribution in [-0.2, 0) is 0 Å². The lowest BCUT2D eigenvalue weighted by Crippen LogP contribution is -2.17. The number of aryl methyl sites for hydroxylation is 1. The van der Waals surface area contributed by atoms with Crippen LogP contribution in [0.5, 0.6) is 0 Å². The molecule has 0 atom stereocenters. The van der Waals surface area contributed by atoms with Crippen molar-refractivity contribution >= 4 is 11.7 Å². The summed E-state index contributed by atoms with van der Waals surface area (Å²) in [4.78, 5) is 23.2. The van der Waals surface area contributed by atoms with E-state index in [1.807, 2.05) is 19.1 Å². The van der Waals surface area contributed by atoms with Gasteiger partial charge in [0.15, 0.2) is 5.82 Å². The first kappa shape index (κ1) is 14.5. The Morgan fingerprint density at radius 3 is 2.86 bits per heavy atom. The number of carbonyl (C=O) groups is 1. The van der Waals surface area contributed by atoms with Gasteiger partial charge in [-0.2, -0.15) is 5.10 Å². The van der Waals surface area contributed by atoms with Crippen LogP contribution in [-0.4, -0.2) is 22.6 Å². The van der Waals surface area contributed by atoms with Gasteiger partial charge in [0.25, 0.3) is 11.5 Å². The zero-order valence-corrected chi connectivity index (χ0v) is 11.4. The Bertz CT molecular complexity index is 764. The lowest BCUT2D eigenvalue weighted by atomic mass is 10.0. The van der Waals surface area contributed by atoms with Crippen LogP contribution in [0.1, 0.15) is 21.5 Å². The molecule has 0 aliphatic rings. The SMILES string of the molecule is Cc1ccc(C(=O)Nc2ccc(=O)[nH]n2)c(C#CCN)c1. The third-order valence-corrected chi connectivity index (χ3v) is 2.67. The number of carbonyl (C=O) groups excluding carboxylic acids is 1. The summed E-state index contributed by atoms with van der Waals surface area (Å²) >= 11 is 0. The molecule has 0 aliphatic heterocycles. The summed E-state index contributed by atoms with van der Waals surface area (Å²) in [6.45, 7) is 2.13. The van der Waals surface area contributed by atoms with Crippen LogP contribution in [0, 0.1) is 18.8 Å². The van der Waals surface area contributed by atoms with Crippen molar-refractivity contribution < 1.29 is 4.79 Å². The molecule has 1 aromatic heterocycles. The summed E-state index contributed by atoms with van der Waals surface area (Å²) in [6, 6.07) is 8.04. The number of hydrogen-bond donors (Lipinski definition) is 3. The van der Waals surface area contributed by atoms with Crippen LogP contribution in [0.25, 0.3) is 0 Å². The molecule has 6 heteroatoms. The molecule has 0 fully saturated rings. The zero-order chi connectivity index (χ0) is 15.2. The molecule has 0 spiro atoms. The van der Waals surface area contributed by atoms with E-state index < -0.39 is 0 Å². The number of nitrogens with one attached hydrogen (secondary N) is 2. The summed E-state index contributed by atoms with van der Waals surface area (Å²) < 4.78 is 0. The average Bonchev–Trinajstić information content (AvgIpc) is 2.47. The first-order chi connectivity index (χ1) is 10.1. The number of aromatic amines is 1. The highest BCUT2D eigenvalue weighted by atomic mass is 16.2. The Morgan fingerprint density at radius 2 is 2.19 bits per heavy atom. The van der Waals surface area contributed by atoms with Crippen LogP contribution in [0.4, 0.5) is 5.82 Å². The fourth-order valence-corrected chi connectivity index (χ4v) is 1.70. The molecular formula is C15H14N4O2. The first-order valence-electron chi connectivity index (χ1n) is 6.27. The number of rotatable bonds is 2. The maximum atomic E-state index is 12.3. The number of H-pyrrole nitrogens is 1. The first-order valence-corrected chi connectivity index (χ1v) is 6.27. The van der Waals surface area contributed by atoms with Crippen molar-refractivity contribution in [2.24, 2.45) is 5.73 Å². The van der Waals surface area contributed by atoms with Crippen molar-refractivity contribution in [3.63, 3.8) is 0 Å². The molecule has 0 saturated carbocycles. The van der Waals surface area contributed by atoms with Crippen LogP contribution < -0.4 is 16.6 Å². The Labute approximate surface area is 121 Å². The molecule has 1 heterocycles. The lowest BCUT2D eigenvalue weighted by Gasteiger charge is -2.06. The second-order valence-corrected chi connectivity index (χ2v) is 4.32. The van der Waals surface area contributed by atoms with Gasteiger partial charge < -0.3 is 11.1 Å². The van der Waals surface area contributed by atoms with Gasteiger partial charge in [0.05, 0.1) is 12.1 Å². The second kappa shape index (κ2) is 6.50. The second-order valence-electron chi connectivity index (χ2n) is 4.32. The number of hydrogen-bond acceptors (Lipinski definition) is 4. The van der Waals surface area contributed by atoms with Gasteiger partial charge in [0.1, 0.15) is 0 Å². The van der Waals surface area contributed by atoms with E-state index in [1.54, 1.807) is 6.07 Å². The fraction of sp³-hybridized carbons (Fsp3) is 0.133. The van der Waals surface area contributed by atoms with E-state index in [2.05, 4.69) is 27.4 Å². The molecule has 21 heavy (non-hydrogen) atoms. The average molecular weight is 282 g/mol. The zero-order valence-electron chi connectivity index (χ0n) is 11.4. The minimum Gasteiger partial charge on any atom is -0.320 e. The topological polar surface area (TPSA) is 101 Å². The fourth-order valence-electron chi connectivity index (χ4n) is 1.70. The molecule has 0 saturated heterocycles. The number of aromatic nitrogens is 2. The van der Waals surface area contributed by atoms with Crippen molar-refractivity contribution in [1.29, 1.82) is 0 Å². The van der Waals surface area contributed by atoms with E-state index in [0.29, 0.717) is 11.1 Å². The largest absolute Gasteiger partial charge is 0.320 e.